The molecule has 0 spiro atoms. The van der Waals surface area contributed by atoms with Crippen LogP contribution in [-0.2, 0) is 0 Å². The Kier molecular flexibility index (Phi) is 5.61. The normalized spacial score (nSPS) is 11.0. The zero-order valence-corrected chi connectivity index (χ0v) is 17.8. The molecule has 4 rings (SSSR count). The van der Waals surface area contributed by atoms with Gasteiger partial charge in [0.1, 0.15) is 5.75 Å². The van der Waals surface area contributed by atoms with E-state index in [1.807, 2.05) is 13.0 Å². The second-order valence-electron chi connectivity index (χ2n) is 6.48. The molecule has 2 aromatic heterocycles. The van der Waals surface area contributed by atoms with Crippen molar-refractivity contribution in [3.63, 3.8) is 0 Å². The number of ketones is 1. The highest BCUT2D eigenvalue weighted by molar-refractivity contribution is 7.99. The van der Waals surface area contributed by atoms with Crippen LogP contribution in [0.2, 0.25) is 5.02 Å². The predicted molar refractivity (Wildman–Crippen MR) is 116 cm³/mol. The molecule has 0 saturated heterocycles. The van der Waals surface area contributed by atoms with Crippen LogP contribution >= 0.6 is 23.4 Å². The van der Waals surface area contributed by atoms with E-state index in [1.165, 1.54) is 16.3 Å². The van der Waals surface area contributed by atoms with Crippen molar-refractivity contribution in [1.82, 2.24) is 19.2 Å². The smallest absolute Gasteiger partial charge is 0.300 e. The zero-order chi connectivity index (χ0) is 21.3. The Morgan fingerprint density at radius 3 is 2.77 bits per heavy atom. The molecule has 0 atom stereocenters. The first kappa shape index (κ1) is 20.2. The summed E-state index contributed by atoms with van der Waals surface area (Å²) in [5.41, 5.74) is 1.88. The van der Waals surface area contributed by atoms with Crippen molar-refractivity contribution in [2.24, 2.45) is 0 Å². The van der Waals surface area contributed by atoms with Crippen LogP contribution in [0.5, 0.6) is 5.75 Å². The van der Waals surface area contributed by atoms with Gasteiger partial charge in [-0.15, -0.1) is 10.2 Å². The number of aromatic nitrogens is 4. The monoisotopic (exact) mass is 440 g/mol. The number of rotatable bonds is 6. The quantitative estimate of drug-likeness (QED) is 0.335. The third kappa shape index (κ3) is 3.71. The maximum Gasteiger partial charge on any atom is 0.300 e. The van der Waals surface area contributed by atoms with Crippen LogP contribution in [0.25, 0.3) is 11.3 Å². The Balaban J connectivity index is 1.61. The number of fused-ring (bicyclic) bond motifs is 1. The van der Waals surface area contributed by atoms with Crippen LogP contribution in [0.1, 0.15) is 15.9 Å². The number of halogens is 1. The first-order chi connectivity index (χ1) is 14.5. The summed E-state index contributed by atoms with van der Waals surface area (Å²) in [5.74, 6) is 0.707. The molecule has 2 aromatic carbocycles. The average molecular weight is 441 g/mol. The Morgan fingerprint density at radius 2 is 1.97 bits per heavy atom. The van der Waals surface area contributed by atoms with Gasteiger partial charge in [-0.1, -0.05) is 41.6 Å². The summed E-state index contributed by atoms with van der Waals surface area (Å²) in [5, 5.41) is 9.16. The average Bonchev–Trinajstić information content (AvgIpc) is 3.18. The first-order valence-corrected chi connectivity index (χ1v) is 10.4. The van der Waals surface area contributed by atoms with Crippen LogP contribution in [0.4, 0.5) is 0 Å². The van der Waals surface area contributed by atoms with Crippen molar-refractivity contribution in [2.75, 3.05) is 12.9 Å². The highest BCUT2D eigenvalue weighted by atomic mass is 35.5. The van der Waals surface area contributed by atoms with Crippen molar-refractivity contribution in [3.8, 4) is 11.4 Å². The fourth-order valence-electron chi connectivity index (χ4n) is 3.02. The second-order valence-corrected chi connectivity index (χ2v) is 7.83. The van der Waals surface area contributed by atoms with Crippen LogP contribution in [0.15, 0.2) is 64.8 Å². The van der Waals surface area contributed by atoms with Gasteiger partial charge >= 0.3 is 5.56 Å². The number of methoxy groups -OCH3 is 1. The number of carbonyl (C=O) groups excluding carboxylic acids is 1. The van der Waals surface area contributed by atoms with Gasteiger partial charge in [0.25, 0.3) is 0 Å². The van der Waals surface area contributed by atoms with Crippen LogP contribution in [0, 0.1) is 6.92 Å². The lowest BCUT2D eigenvalue weighted by Crippen LogP contribution is -2.21. The van der Waals surface area contributed by atoms with Gasteiger partial charge in [0.15, 0.2) is 10.9 Å². The summed E-state index contributed by atoms with van der Waals surface area (Å²) in [4.78, 5) is 25.4. The van der Waals surface area contributed by atoms with Gasteiger partial charge in [-0.3, -0.25) is 18.6 Å². The molecule has 0 aliphatic carbocycles. The Hall–Kier alpha value is -3.10. The lowest BCUT2D eigenvalue weighted by molar-refractivity contribution is 0.102. The summed E-state index contributed by atoms with van der Waals surface area (Å²) < 4.78 is 8.23. The number of thioether (sulfide) groups is 1. The van der Waals surface area contributed by atoms with Gasteiger partial charge in [0, 0.05) is 23.0 Å². The lowest BCUT2D eigenvalue weighted by Gasteiger charge is -2.10. The molecule has 0 N–H and O–H groups in total. The van der Waals surface area contributed by atoms with E-state index in [4.69, 9.17) is 16.3 Å². The van der Waals surface area contributed by atoms with Gasteiger partial charge in [0.2, 0.25) is 5.65 Å². The molecule has 4 aromatic rings. The highest BCUT2D eigenvalue weighted by Crippen LogP contribution is 2.22. The van der Waals surface area contributed by atoms with Crippen molar-refractivity contribution < 1.29 is 9.53 Å². The Bertz CT molecular complexity index is 1320. The highest BCUT2D eigenvalue weighted by Gasteiger charge is 2.15. The molecule has 0 aliphatic heterocycles. The van der Waals surface area contributed by atoms with E-state index in [0.29, 0.717) is 27.2 Å². The minimum absolute atomic E-state index is 0.0708. The number of benzene rings is 2. The second kappa shape index (κ2) is 8.33. The largest absolute Gasteiger partial charge is 0.497 e. The number of carbonyl (C=O) groups is 1. The standard InChI is InChI=1S/C21H17ClN4O3S/c1-13-16(22)7-4-8-17(13)25-9-10-26-19(20(25)28)23-24-21(26)30-12-18(27)14-5-3-6-15(11-14)29-2/h3-11H,12H2,1-2H3. The lowest BCUT2D eigenvalue weighted by atomic mass is 10.1. The van der Waals surface area contributed by atoms with E-state index in [9.17, 15) is 9.59 Å². The van der Waals surface area contributed by atoms with E-state index in [-0.39, 0.29) is 22.7 Å². The molecule has 0 bridgehead atoms. The SMILES string of the molecule is COc1cccc(C(=O)CSc2nnc3c(=O)n(-c4cccc(Cl)c4C)ccn23)c1. The fraction of sp³-hybridized carbons (Fsp3) is 0.143. The van der Waals surface area contributed by atoms with Crippen molar-refractivity contribution in [3.05, 3.63) is 81.4 Å². The summed E-state index contributed by atoms with van der Waals surface area (Å²) in [6.07, 6.45) is 3.35. The molecular weight excluding hydrogens is 424 g/mol. The number of hydrogen-bond acceptors (Lipinski definition) is 6. The Morgan fingerprint density at radius 1 is 1.17 bits per heavy atom. The van der Waals surface area contributed by atoms with Crippen molar-refractivity contribution >= 4 is 34.8 Å². The number of nitrogens with zero attached hydrogens (tertiary/aromatic N) is 4. The topological polar surface area (TPSA) is 78.5 Å². The summed E-state index contributed by atoms with van der Waals surface area (Å²) >= 11 is 7.41. The van der Waals surface area contributed by atoms with Gasteiger partial charge in [-0.25, -0.2) is 0 Å². The molecule has 0 radical (unpaired) electrons. The first-order valence-electron chi connectivity index (χ1n) is 9.01. The maximum atomic E-state index is 12.9. The van der Waals surface area contributed by atoms with Gasteiger partial charge in [-0.05, 0) is 36.8 Å². The van der Waals surface area contributed by atoms with E-state index < -0.39 is 0 Å². The number of Topliss-reactive ketones (excluding diaryl/α,β-unsaturated/α-hetero) is 1. The Labute approximate surface area is 181 Å². The third-order valence-corrected chi connectivity index (χ3v) is 6.01. The maximum absolute atomic E-state index is 12.9. The predicted octanol–water partition coefficient (Wildman–Crippen LogP) is 3.83. The van der Waals surface area contributed by atoms with Crippen molar-refractivity contribution in [2.45, 2.75) is 12.1 Å². The molecular formula is C21H17ClN4O3S. The summed E-state index contributed by atoms with van der Waals surface area (Å²) in [6.45, 7) is 1.85. The molecule has 9 heteroatoms. The zero-order valence-electron chi connectivity index (χ0n) is 16.2. The molecule has 0 fully saturated rings. The van der Waals surface area contributed by atoms with E-state index in [0.717, 1.165) is 5.56 Å². The molecule has 2 heterocycles. The minimum atomic E-state index is -0.318. The van der Waals surface area contributed by atoms with Gasteiger partial charge in [-0.2, -0.15) is 0 Å². The van der Waals surface area contributed by atoms with Crippen LogP contribution < -0.4 is 10.3 Å². The van der Waals surface area contributed by atoms with E-state index in [2.05, 4.69) is 10.2 Å². The van der Waals surface area contributed by atoms with Crippen molar-refractivity contribution in [1.29, 1.82) is 0 Å². The van der Waals surface area contributed by atoms with E-state index in [1.54, 1.807) is 60.3 Å². The third-order valence-electron chi connectivity index (χ3n) is 4.66. The number of ether oxygens (including phenoxy) is 1. The van der Waals surface area contributed by atoms with E-state index >= 15 is 0 Å². The minimum Gasteiger partial charge on any atom is -0.497 e. The molecule has 30 heavy (non-hydrogen) atoms. The summed E-state index contributed by atoms with van der Waals surface area (Å²) in [7, 11) is 1.55. The molecule has 152 valence electrons. The molecule has 7 nitrogen and oxygen atoms in total. The van der Waals surface area contributed by atoms with Crippen LogP contribution in [0.3, 0.4) is 0 Å². The fourth-order valence-corrected chi connectivity index (χ4v) is 4.00. The number of hydrogen-bond donors (Lipinski definition) is 0. The molecule has 0 unspecified atom stereocenters. The summed E-state index contributed by atoms with van der Waals surface area (Å²) in [6, 6.07) is 12.4. The van der Waals surface area contributed by atoms with Crippen LogP contribution in [-0.4, -0.2) is 37.8 Å². The molecule has 0 saturated carbocycles. The van der Waals surface area contributed by atoms with Gasteiger partial charge < -0.3 is 4.74 Å². The molecule has 0 amide bonds. The van der Waals surface area contributed by atoms with Gasteiger partial charge in [0.05, 0.1) is 18.6 Å². The molecule has 0 aliphatic rings.